The van der Waals surface area contributed by atoms with Crippen molar-refractivity contribution in [1.82, 2.24) is 0 Å². The molecule has 2 aromatic carbocycles. The number of rotatable bonds is 10. The average Bonchev–Trinajstić information content (AvgIpc) is 3.26. The summed E-state index contributed by atoms with van der Waals surface area (Å²) in [5.41, 5.74) is 2.43. The summed E-state index contributed by atoms with van der Waals surface area (Å²) in [6.45, 7) is 4.87. The van der Waals surface area contributed by atoms with Crippen molar-refractivity contribution in [3.05, 3.63) is 54.1 Å². The number of carbonyl (C=O) groups excluding carboxylic acids is 3. The SMILES string of the molecule is COC(=O)CSC[C@H]1O[C@H](Oc2ccccc2-c2cccc(CC(=O)OC)c2)[C@H]2OC(C)(C)O[C@H]2[C@@H]1OC(C)=O. The van der Waals surface area contributed by atoms with Gasteiger partial charge in [0.1, 0.15) is 18.0 Å². The van der Waals surface area contributed by atoms with Crippen molar-refractivity contribution in [2.75, 3.05) is 25.7 Å². The van der Waals surface area contributed by atoms with Crippen LogP contribution in [-0.4, -0.2) is 80.1 Å². The average molecular weight is 575 g/mol. The van der Waals surface area contributed by atoms with Crippen molar-refractivity contribution in [2.24, 2.45) is 0 Å². The standard InChI is InChI=1S/C29H34O10S/c1-17(30)35-25-22(15-40-16-24(32)34-5)37-28(27-26(25)38-29(2,3)39-27)36-21-12-7-6-11-20(21)19-10-8-9-18(13-19)14-23(31)33-4/h6-13,22,25-28H,14-16H2,1-5H3/t22-,25-,26+,27+,28+/m1/s1. The predicted octanol–water partition coefficient (Wildman–Crippen LogP) is 3.53. The smallest absolute Gasteiger partial charge is 0.315 e. The van der Waals surface area contributed by atoms with Crippen LogP contribution in [0.25, 0.3) is 11.1 Å². The number of esters is 3. The van der Waals surface area contributed by atoms with Gasteiger partial charge in [-0.3, -0.25) is 14.4 Å². The third-order valence-corrected chi connectivity index (χ3v) is 7.41. The van der Waals surface area contributed by atoms with E-state index in [4.69, 9.17) is 33.2 Å². The Hall–Kier alpha value is -3.12. The molecule has 2 fully saturated rings. The topological polar surface area (TPSA) is 116 Å². The van der Waals surface area contributed by atoms with Gasteiger partial charge in [-0.2, -0.15) is 0 Å². The number of carbonyl (C=O) groups is 3. The maximum absolute atomic E-state index is 12.0. The van der Waals surface area contributed by atoms with E-state index in [0.717, 1.165) is 16.7 Å². The van der Waals surface area contributed by atoms with Crippen molar-refractivity contribution in [3.63, 3.8) is 0 Å². The highest BCUT2D eigenvalue weighted by Gasteiger charge is 2.57. The Morgan fingerprint density at radius 2 is 1.68 bits per heavy atom. The lowest BCUT2D eigenvalue weighted by atomic mass is 9.99. The molecule has 2 aliphatic heterocycles. The van der Waals surface area contributed by atoms with Crippen molar-refractivity contribution in [1.29, 1.82) is 0 Å². The second kappa shape index (κ2) is 13.0. The minimum Gasteiger partial charge on any atom is -0.469 e. The van der Waals surface area contributed by atoms with Crippen LogP contribution >= 0.6 is 11.8 Å². The first kappa shape index (κ1) is 29.9. The molecule has 4 rings (SSSR count). The second-order valence-electron chi connectivity index (χ2n) is 9.84. The lowest BCUT2D eigenvalue weighted by Crippen LogP contribution is -2.59. The number of thioether (sulfide) groups is 1. The van der Waals surface area contributed by atoms with Gasteiger partial charge in [0, 0.05) is 18.2 Å². The van der Waals surface area contributed by atoms with Crippen LogP contribution in [-0.2, 0) is 49.2 Å². The summed E-state index contributed by atoms with van der Waals surface area (Å²) in [4.78, 5) is 35.5. The summed E-state index contributed by atoms with van der Waals surface area (Å²) in [6.07, 6.45) is -3.58. The van der Waals surface area contributed by atoms with E-state index < -0.39 is 42.5 Å². The lowest BCUT2D eigenvalue weighted by molar-refractivity contribution is -0.246. The molecule has 0 aromatic heterocycles. The molecule has 216 valence electrons. The third kappa shape index (κ3) is 7.34. The van der Waals surface area contributed by atoms with E-state index in [2.05, 4.69) is 0 Å². The molecule has 0 spiro atoms. The fourth-order valence-electron chi connectivity index (χ4n) is 4.72. The highest BCUT2D eigenvalue weighted by molar-refractivity contribution is 7.99. The Bertz CT molecular complexity index is 1210. The zero-order chi connectivity index (χ0) is 28.9. The third-order valence-electron chi connectivity index (χ3n) is 6.41. The van der Waals surface area contributed by atoms with Gasteiger partial charge in [0.05, 0.1) is 26.4 Å². The Labute approximate surface area is 237 Å². The Morgan fingerprint density at radius 1 is 0.950 bits per heavy atom. The van der Waals surface area contributed by atoms with Crippen LogP contribution in [0.3, 0.4) is 0 Å². The molecule has 0 N–H and O–H groups in total. The molecule has 2 aromatic rings. The largest absolute Gasteiger partial charge is 0.469 e. The van der Waals surface area contributed by atoms with E-state index in [1.165, 1.54) is 32.9 Å². The molecule has 0 bridgehead atoms. The van der Waals surface area contributed by atoms with Crippen molar-refractivity contribution < 1.29 is 47.5 Å². The predicted molar refractivity (Wildman–Crippen MR) is 146 cm³/mol. The van der Waals surface area contributed by atoms with Gasteiger partial charge in [0.15, 0.2) is 18.0 Å². The quantitative estimate of drug-likeness (QED) is 0.307. The molecule has 11 heteroatoms. The van der Waals surface area contributed by atoms with Gasteiger partial charge >= 0.3 is 17.9 Å². The normalized spacial score (nSPS) is 25.0. The Kier molecular flexibility index (Phi) is 9.72. The van der Waals surface area contributed by atoms with Crippen LogP contribution in [0.1, 0.15) is 26.3 Å². The first-order chi connectivity index (χ1) is 19.1. The summed E-state index contributed by atoms with van der Waals surface area (Å²) < 4.78 is 40.4. The van der Waals surface area contributed by atoms with E-state index >= 15 is 0 Å². The summed E-state index contributed by atoms with van der Waals surface area (Å²) in [5, 5.41) is 0. The van der Waals surface area contributed by atoms with Gasteiger partial charge in [-0.15, -0.1) is 11.8 Å². The highest BCUT2D eigenvalue weighted by atomic mass is 32.2. The number of para-hydroxylation sites is 1. The zero-order valence-electron chi connectivity index (χ0n) is 23.1. The van der Waals surface area contributed by atoms with E-state index in [1.54, 1.807) is 13.8 Å². The number of methoxy groups -OCH3 is 2. The molecule has 0 aliphatic carbocycles. The first-order valence-corrected chi connectivity index (χ1v) is 14.0. The minimum atomic E-state index is -0.978. The zero-order valence-corrected chi connectivity index (χ0v) is 23.9. The molecule has 40 heavy (non-hydrogen) atoms. The highest BCUT2D eigenvalue weighted by Crippen LogP contribution is 2.41. The minimum absolute atomic E-state index is 0.108. The number of benzene rings is 2. The molecule has 0 unspecified atom stereocenters. The molecule has 2 saturated heterocycles. The monoisotopic (exact) mass is 574 g/mol. The summed E-state index contributed by atoms with van der Waals surface area (Å²) >= 11 is 1.29. The number of hydrogen-bond acceptors (Lipinski definition) is 11. The Morgan fingerprint density at radius 3 is 2.40 bits per heavy atom. The Balaban J connectivity index is 1.62. The number of fused-ring (bicyclic) bond motifs is 1. The van der Waals surface area contributed by atoms with Crippen molar-refractivity contribution in [3.8, 4) is 16.9 Å². The van der Waals surface area contributed by atoms with E-state index in [1.807, 2.05) is 48.5 Å². The molecule has 5 atom stereocenters. The molecule has 10 nitrogen and oxygen atoms in total. The van der Waals surface area contributed by atoms with E-state index in [-0.39, 0.29) is 24.1 Å². The summed E-state index contributed by atoms with van der Waals surface area (Å²) in [5.74, 6) is -1.22. The maximum Gasteiger partial charge on any atom is 0.315 e. The molecular formula is C29H34O10S. The van der Waals surface area contributed by atoms with E-state index in [9.17, 15) is 14.4 Å². The van der Waals surface area contributed by atoms with Gasteiger partial charge in [-0.1, -0.05) is 42.5 Å². The fourth-order valence-corrected chi connectivity index (χ4v) is 5.62. The lowest BCUT2D eigenvalue weighted by Gasteiger charge is -2.41. The molecule has 0 saturated carbocycles. The van der Waals surface area contributed by atoms with Crippen LogP contribution in [0.15, 0.2) is 48.5 Å². The van der Waals surface area contributed by atoms with Crippen LogP contribution < -0.4 is 4.74 Å². The second-order valence-corrected chi connectivity index (χ2v) is 10.9. The summed E-state index contributed by atoms with van der Waals surface area (Å²) in [7, 11) is 2.68. The van der Waals surface area contributed by atoms with Crippen molar-refractivity contribution in [2.45, 2.75) is 63.7 Å². The van der Waals surface area contributed by atoms with Gasteiger partial charge in [0.25, 0.3) is 0 Å². The molecule has 0 amide bonds. The van der Waals surface area contributed by atoms with Gasteiger partial charge < -0.3 is 33.2 Å². The molecule has 0 radical (unpaired) electrons. The maximum atomic E-state index is 12.0. The fraction of sp³-hybridized carbons (Fsp3) is 0.483. The van der Waals surface area contributed by atoms with Crippen LogP contribution in [0.2, 0.25) is 0 Å². The van der Waals surface area contributed by atoms with Gasteiger partial charge in [-0.25, -0.2) is 0 Å². The van der Waals surface area contributed by atoms with Crippen LogP contribution in [0.4, 0.5) is 0 Å². The number of ether oxygens (including phenoxy) is 7. The van der Waals surface area contributed by atoms with E-state index in [0.29, 0.717) is 11.5 Å². The molecule has 2 heterocycles. The van der Waals surface area contributed by atoms with Crippen molar-refractivity contribution >= 4 is 29.7 Å². The van der Waals surface area contributed by atoms with Crippen LogP contribution in [0.5, 0.6) is 5.75 Å². The van der Waals surface area contributed by atoms with Gasteiger partial charge in [0.2, 0.25) is 6.29 Å². The van der Waals surface area contributed by atoms with Gasteiger partial charge in [-0.05, 0) is 31.0 Å². The summed E-state index contributed by atoms with van der Waals surface area (Å²) in [6, 6.07) is 15.0. The molecular weight excluding hydrogens is 540 g/mol. The number of hydrogen-bond donors (Lipinski definition) is 0. The van der Waals surface area contributed by atoms with Crippen LogP contribution in [0, 0.1) is 0 Å². The first-order valence-electron chi connectivity index (χ1n) is 12.8. The molecule has 2 aliphatic rings.